The number of halogens is 3. The molecule has 164 valence electrons. The van der Waals surface area contributed by atoms with E-state index < -0.39 is 11.7 Å². The first-order valence-corrected chi connectivity index (χ1v) is 10.1. The Hall–Kier alpha value is -3.17. The van der Waals surface area contributed by atoms with Gasteiger partial charge in [0.2, 0.25) is 5.91 Å². The van der Waals surface area contributed by atoms with E-state index in [1.165, 1.54) is 17.1 Å². The first kappa shape index (κ1) is 21.1. The number of alkyl halides is 3. The van der Waals surface area contributed by atoms with Crippen molar-refractivity contribution in [3.05, 3.63) is 59.4 Å². The van der Waals surface area contributed by atoms with Gasteiger partial charge < -0.3 is 4.90 Å². The van der Waals surface area contributed by atoms with Crippen LogP contribution in [-0.4, -0.2) is 48.4 Å². The van der Waals surface area contributed by atoms with Crippen molar-refractivity contribution in [3.63, 3.8) is 0 Å². The molecule has 1 aliphatic heterocycles. The van der Waals surface area contributed by atoms with Crippen molar-refractivity contribution in [3.8, 4) is 5.69 Å². The lowest BCUT2D eigenvalue weighted by atomic mass is 10.0. The van der Waals surface area contributed by atoms with Gasteiger partial charge in [0.25, 0.3) is 0 Å². The molecule has 0 spiro atoms. The molecule has 0 atom stereocenters. The molecule has 1 aliphatic rings. The van der Waals surface area contributed by atoms with Crippen LogP contribution < -0.4 is 0 Å². The zero-order valence-corrected chi connectivity index (χ0v) is 17.3. The van der Waals surface area contributed by atoms with Gasteiger partial charge in [-0.25, -0.2) is 14.3 Å². The number of amides is 1. The molecule has 1 aromatic carbocycles. The monoisotopic (exact) mass is 432 g/mol. The Balaban J connectivity index is 1.48. The number of rotatable bonds is 4. The second kappa shape index (κ2) is 8.16. The van der Waals surface area contributed by atoms with E-state index in [4.69, 9.17) is 0 Å². The number of aryl methyl sites for hydroxylation is 1. The number of benzene rings is 1. The second-order valence-corrected chi connectivity index (χ2v) is 7.77. The van der Waals surface area contributed by atoms with Gasteiger partial charge in [0.05, 0.1) is 29.4 Å². The molecule has 4 rings (SSSR count). The first-order valence-electron chi connectivity index (χ1n) is 10.1. The SMILES string of the molecule is Cc1nn(-c2cccc(C(F)(F)F)c2)c(C)c1CC(=O)N1CCC(n2cncn2)CC1. The molecule has 0 N–H and O–H groups in total. The number of piperidine rings is 1. The normalized spacial score (nSPS) is 15.5. The van der Waals surface area contributed by atoms with E-state index in [9.17, 15) is 18.0 Å². The van der Waals surface area contributed by atoms with Crippen LogP contribution in [0.5, 0.6) is 0 Å². The van der Waals surface area contributed by atoms with Gasteiger partial charge in [-0.3, -0.25) is 4.79 Å². The zero-order valence-electron chi connectivity index (χ0n) is 17.3. The number of nitrogens with zero attached hydrogens (tertiary/aromatic N) is 6. The van der Waals surface area contributed by atoms with E-state index in [-0.39, 0.29) is 18.4 Å². The molecule has 0 bridgehead atoms. The standard InChI is InChI=1S/C21H23F3N6O/c1-14-19(11-20(31)28-8-6-17(7-9-28)29-13-25-12-26-29)15(2)30(27-14)18-5-3-4-16(10-18)21(22,23)24/h3-5,10,12-13,17H,6-9,11H2,1-2H3. The summed E-state index contributed by atoms with van der Waals surface area (Å²) in [6, 6.07) is 5.27. The minimum absolute atomic E-state index is 0.00756. The highest BCUT2D eigenvalue weighted by atomic mass is 19.4. The Bertz CT molecular complexity index is 1070. The molecule has 1 amide bonds. The molecule has 1 saturated heterocycles. The Kier molecular flexibility index (Phi) is 5.55. The quantitative estimate of drug-likeness (QED) is 0.633. The third-order valence-corrected chi connectivity index (χ3v) is 5.82. The van der Waals surface area contributed by atoms with E-state index in [0.29, 0.717) is 30.2 Å². The van der Waals surface area contributed by atoms with Crippen LogP contribution in [0.2, 0.25) is 0 Å². The molecule has 0 aliphatic carbocycles. The molecule has 0 saturated carbocycles. The van der Waals surface area contributed by atoms with Crippen molar-refractivity contribution < 1.29 is 18.0 Å². The molecular formula is C21H23F3N6O. The zero-order chi connectivity index (χ0) is 22.2. The highest BCUT2D eigenvalue weighted by molar-refractivity contribution is 5.79. The summed E-state index contributed by atoms with van der Waals surface area (Å²) in [5.41, 5.74) is 1.65. The Morgan fingerprint density at radius 2 is 1.94 bits per heavy atom. The smallest absolute Gasteiger partial charge is 0.342 e. The van der Waals surface area contributed by atoms with Crippen molar-refractivity contribution >= 4 is 5.91 Å². The summed E-state index contributed by atoms with van der Waals surface area (Å²) in [5.74, 6) is -0.00756. The summed E-state index contributed by atoms with van der Waals surface area (Å²) in [5, 5.41) is 8.58. The van der Waals surface area contributed by atoms with Gasteiger partial charge >= 0.3 is 6.18 Å². The number of aromatic nitrogens is 5. The van der Waals surface area contributed by atoms with Crippen LogP contribution in [0, 0.1) is 13.8 Å². The van der Waals surface area contributed by atoms with Gasteiger partial charge in [-0.05, 0) is 44.9 Å². The van der Waals surface area contributed by atoms with Crippen LogP contribution in [0.4, 0.5) is 13.2 Å². The van der Waals surface area contributed by atoms with Gasteiger partial charge in [-0.2, -0.15) is 23.4 Å². The maximum absolute atomic E-state index is 13.1. The molecule has 3 heterocycles. The second-order valence-electron chi connectivity index (χ2n) is 7.77. The summed E-state index contributed by atoms with van der Waals surface area (Å²) in [6.45, 7) is 4.81. The number of hydrogen-bond acceptors (Lipinski definition) is 4. The number of carbonyl (C=O) groups is 1. The lowest BCUT2D eigenvalue weighted by molar-refractivity contribution is -0.137. The van der Waals surface area contributed by atoms with Crippen LogP contribution in [0.15, 0.2) is 36.9 Å². The van der Waals surface area contributed by atoms with Crippen LogP contribution in [0.25, 0.3) is 5.69 Å². The number of carbonyl (C=O) groups excluding carboxylic acids is 1. The molecule has 0 radical (unpaired) electrons. The van der Waals surface area contributed by atoms with Crippen molar-refractivity contribution in [2.75, 3.05) is 13.1 Å². The summed E-state index contributed by atoms with van der Waals surface area (Å²) in [4.78, 5) is 18.7. The molecule has 31 heavy (non-hydrogen) atoms. The van der Waals surface area contributed by atoms with Crippen LogP contribution in [-0.2, 0) is 17.4 Å². The Morgan fingerprint density at radius 1 is 1.19 bits per heavy atom. The summed E-state index contributed by atoms with van der Waals surface area (Å²) >= 11 is 0. The van der Waals surface area contributed by atoms with E-state index in [1.54, 1.807) is 26.2 Å². The van der Waals surface area contributed by atoms with Gasteiger partial charge in [-0.1, -0.05) is 6.07 Å². The average Bonchev–Trinajstić information content (AvgIpc) is 3.38. The summed E-state index contributed by atoms with van der Waals surface area (Å²) in [6.07, 6.45) is 0.545. The molecule has 2 aromatic heterocycles. The predicted octanol–water partition coefficient (Wildman–Crippen LogP) is 3.51. The topological polar surface area (TPSA) is 68.8 Å². The molecule has 7 nitrogen and oxygen atoms in total. The van der Waals surface area contributed by atoms with E-state index >= 15 is 0 Å². The van der Waals surface area contributed by atoms with Gasteiger partial charge in [0.15, 0.2) is 0 Å². The molecular weight excluding hydrogens is 409 g/mol. The summed E-state index contributed by atoms with van der Waals surface area (Å²) < 4.78 is 42.5. The van der Waals surface area contributed by atoms with E-state index in [2.05, 4.69) is 15.2 Å². The fraction of sp³-hybridized carbons (Fsp3) is 0.429. The molecule has 0 unspecified atom stereocenters. The number of hydrogen-bond donors (Lipinski definition) is 0. The molecule has 1 fully saturated rings. The number of likely N-dealkylation sites (tertiary alicyclic amines) is 1. The van der Waals surface area contributed by atoms with Crippen LogP contribution in [0.1, 0.15) is 41.4 Å². The minimum Gasteiger partial charge on any atom is -0.342 e. The lowest BCUT2D eigenvalue weighted by Crippen LogP contribution is -2.40. The third-order valence-electron chi connectivity index (χ3n) is 5.82. The summed E-state index contributed by atoms with van der Waals surface area (Å²) in [7, 11) is 0. The van der Waals surface area contributed by atoms with Crippen molar-refractivity contribution in [1.29, 1.82) is 0 Å². The van der Waals surface area contributed by atoms with Gasteiger partial charge in [-0.15, -0.1) is 0 Å². The molecule has 3 aromatic rings. The van der Waals surface area contributed by atoms with Gasteiger partial charge in [0.1, 0.15) is 12.7 Å². The molecule has 10 heteroatoms. The van der Waals surface area contributed by atoms with Crippen LogP contribution >= 0.6 is 0 Å². The minimum atomic E-state index is -4.43. The maximum atomic E-state index is 13.1. The third kappa shape index (κ3) is 4.33. The fourth-order valence-electron chi connectivity index (χ4n) is 4.04. The Morgan fingerprint density at radius 3 is 2.58 bits per heavy atom. The first-order chi connectivity index (χ1) is 14.7. The van der Waals surface area contributed by atoms with Crippen LogP contribution in [0.3, 0.4) is 0 Å². The Labute approximate surface area is 177 Å². The fourth-order valence-corrected chi connectivity index (χ4v) is 4.04. The van der Waals surface area contributed by atoms with E-state index in [0.717, 1.165) is 30.5 Å². The average molecular weight is 432 g/mol. The van der Waals surface area contributed by atoms with E-state index in [1.807, 2.05) is 9.58 Å². The highest BCUT2D eigenvalue weighted by Crippen LogP contribution is 2.31. The van der Waals surface area contributed by atoms with Crippen molar-refractivity contribution in [1.82, 2.24) is 29.4 Å². The largest absolute Gasteiger partial charge is 0.416 e. The maximum Gasteiger partial charge on any atom is 0.416 e. The van der Waals surface area contributed by atoms with Crippen molar-refractivity contribution in [2.24, 2.45) is 0 Å². The van der Waals surface area contributed by atoms with Crippen molar-refractivity contribution in [2.45, 2.75) is 45.3 Å². The predicted molar refractivity (Wildman–Crippen MR) is 107 cm³/mol. The van der Waals surface area contributed by atoms with Gasteiger partial charge in [0, 0.05) is 24.3 Å². The highest BCUT2D eigenvalue weighted by Gasteiger charge is 2.31. The lowest BCUT2D eigenvalue weighted by Gasteiger charge is -2.32.